The Kier molecular flexibility index (Phi) is 8.50. The molecule has 2 fully saturated rings. The van der Waals surface area contributed by atoms with Gasteiger partial charge in [-0.15, -0.1) is 0 Å². The smallest absolute Gasteiger partial charge is 0.410 e. The van der Waals surface area contributed by atoms with Crippen LogP contribution in [0.15, 0.2) is 73.2 Å². The average Bonchev–Trinajstić information content (AvgIpc) is 3.81. The van der Waals surface area contributed by atoms with Gasteiger partial charge in [-0.3, -0.25) is 9.48 Å². The van der Waals surface area contributed by atoms with Gasteiger partial charge in [0.15, 0.2) is 0 Å². The molecule has 2 N–H and O–H groups in total. The lowest BCUT2D eigenvalue weighted by Crippen LogP contribution is -2.39. The summed E-state index contributed by atoms with van der Waals surface area (Å²) in [6.07, 6.45) is 8.66. The predicted octanol–water partition coefficient (Wildman–Crippen LogP) is 5.40. The maximum atomic E-state index is 12.6. The van der Waals surface area contributed by atoms with Crippen LogP contribution in [0.25, 0.3) is 11.3 Å². The fourth-order valence-corrected chi connectivity index (χ4v) is 5.34. The van der Waals surface area contributed by atoms with Gasteiger partial charge in [-0.05, 0) is 61.8 Å². The van der Waals surface area contributed by atoms with Crippen molar-refractivity contribution in [2.45, 2.75) is 51.3 Å². The topological polar surface area (TPSA) is 138 Å². The average molecular weight is 591 g/mol. The lowest BCUT2D eigenvalue weighted by molar-refractivity contribution is 0.0821. The molecule has 224 valence electrons. The van der Waals surface area contributed by atoms with E-state index >= 15 is 0 Å². The summed E-state index contributed by atoms with van der Waals surface area (Å²) in [5.74, 6) is 0.450. The summed E-state index contributed by atoms with van der Waals surface area (Å²) in [4.78, 5) is 36.1. The van der Waals surface area contributed by atoms with E-state index in [9.17, 15) is 14.9 Å². The van der Waals surface area contributed by atoms with Gasteiger partial charge in [0.1, 0.15) is 12.6 Å². The van der Waals surface area contributed by atoms with Crippen LogP contribution in [-0.2, 0) is 11.3 Å². The van der Waals surface area contributed by atoms with Crippen molar-refractivity contribution in [3.63, 3.8) is 0 Å². The fourth-order valence-electron chi connectivity index (χ4n) is 5.34. The number of benzene rings is 2. The molecule has 1 saturated carbocycles. The van der Waals surface area contributed by atoms with Crippen molar-refractivity contribution in [1.29, 1.82) is 5.26 Å². The molecule has 1 aliphatic carbocycles. The third-order valence-corrected chi connectivity index (χ3v) is 8.07. The molecule has 1 saturated heterocycles. The van der Waals surface area contributed by atoms with E-state index in [1.807, 2.05) is 60.3 Å². The second-order valence-electron chi connectivity index (χ2n) is 11.3. The molecule has 4 aromatic rings. The van der Waals surface area contributed by atoms with Crippen LogP contribution in [0.1, 0.15) is 53.2 Å². The van der Waals surface area contributed by atoms with Crippen molar-refractivity contribution in [2.75, 3.05) is 18.4 Å². The summed E-state index contributed by atoms with van der Waals surface area (Å²) in [7, 11) is 0. The Balaban J connectivity index is 1.03. The molecule has 3 heterocycles. The number of hydrogen-bond donors (Lipinski definition) is 2. The van der Waals surface area contributed by atoms with Gasteiger partial charge >= 0.3 is 6.09 Å². The first-order valence-corrected chi connectivity index (χ1v) is 14.9. The van der Waals surface area contributed by atoms with Gasteiger partial charge in [0.2, 0.25) is 5.95 Å². The summed E-state index contributed by atoms with van der Waals surface area (Å²) >= 11 is 0. The first-order valence-electron chi connectivity index (χ1n) is 14.9. The second kappa shape index (κ2) is 13.0. The number of nitrogens with one attached hydrogen (secondary N) is 2. The molecule has 2 amide bonds. The largest absolute Gasteiger partial charge is 0.445 e. The highest BCUT2D eigenvalue weighted by Crippen LogP contribution is 2.32. The van der Waals surface area contributed by atoms with Crippen LogP contribution in [0.4, 0.5) is 16.4 Å². The van der Waals surface area contributed by atoms with Gasteiger partial charge in [0.25, 0.3) is 5.91 Å². The zero-order valence-corrected chi connectivity index (χ0v) is 24.5. The molecule has 2 aliphatic rings. The van der Waals surface area contributed by atoms with Crippen LogP contribution in [0, 0.1) is 24.2 Å². The van der Waals surface area contributed by atoms with Crippen molar-refractivity contribution in [1.82, 2.24) is 30.0 Å². The Bertz CT molecular complexity index is 1650. The molecule has 11 heteroatoms. The molecule has 0 radical (unpaired) electrons. The highest BCUT2D eigenvalue weighted by atomic mass is 16.6. The number of hydrogen-bond acceptors (Lipinski definition) is 8. The van der Waals surface area contributed by atoms with Crippen LogP contribution in [0.5, 0.6) is 0 Å². The first kappa shape index (κ1) is 28.9. The summed E-state index contributed by atoms with van der Waals surface area (Å²) in [5.41, 5.74) is 4.74. The van der Waals surface area contributed by atoms with E-state index in [4.69, 9.17) is 9.72 Å². The number of carbonyl (C=O) groups excluding carboxylic acids is 2. The minimum Gasteiger partial charge on any atom is -0.445 e. The van der Waals surface area contributed by atoms with Gasteiger partial charge in [0.05, 0.1) is 29.7 Å². The van der Waals surface area contributed by atoms with E-state index in [0.717, 1.165) is 53.8 Å². The van der Waals surface area contributed by atoms with Crippen molar-refractivity contribution in [3.05, 3.63) is 89.9 Å². The number of amides is 2. The van der Waals surface area contributed by atoms with Crippen LogP contribution in [0.3, 0.4) is 0 Å². The number of nitriles is 1. The standard InChI is InChI=1S/C33H34N8O3/c1-22-18-35-32(39-30(22)25-9-11-26(12-10-25)31(42)38-29(17-34)24-7-8-24)37-27-19-36-41(20-27)28-13-15-40(16-14-28)33(43)44-21-23-5-3-2-4-6-23/h2-6,9-12,18-20,24,28-29H,7-8,13-16,21H2,1H3,(H,38,42)(H,35,37,39). The number of piperidine rings is 1. The fraction of sp³-hybridized carbons (Fsp3) is 0.333. The summed E-state index contributed by atoms with van der Waals surface area (Å²) in [5, 5.41) is 20.0. The third-order valence-electron chi connectivity index (χ3n) is 8.07. The molecule has 1 unspecified atom stereocenters. The maximum absolute atomic E-state index is 12.6. The Morgan fingerprint density at radius 3 is 2.50 bits per heavy atom. The zero-order valence-electron chi connectivity index (χ0n) is 24.5. The minimum absolute atomic E-state index is 0.168. The Morgan fingerprint density at radius 2 is 1.80 bits per heavy atom. The van der Waals surface area contributed by atoms with Crippen molar-refractivity contribution < 1.29 is 14.3 Å². The SMILES string of the molecule is Cc1cnc(Nc2cnn(C3CCN(C(=O)OCc4ccccc4)CC3)c2)nc1-c1ccc(C(=O)NC(C#N)C2CC2)cc1. The first-order chi connectivity index (χ1) is 21.5. The molecule has 0 bridgehead atoms. The molecule has 2 aromatic heterocycles. The van der Waals surface area contributed by atoms with E-state index in [2.05, 4.69) is 26.8 Å². The number of nitrogens with zero attached hydrogens (tertiary/aromatic N) is 6. The molecule has 2 aromatic carbocycles. The second-order valence-corrected chi connectivity index (χ2v) is 11.3. The summed E-state index contributed by atoms with van der Waals surface area (Å²) in [6.45, 7) is 3.41. The Labute approximate surface area is 255 Å². The molecule has 1 aliphatic heterocycles. The van der Waals surface area contributed by atoms with Crippen LogP contribution in [0.2, 0.25) is 0 Å². The van der Waals surface area contributed by atoms with E-state index in [0.29, 0.717) is 24.6 Å². The molecule has 0 spiro atoms. The normalized spacial score (nSPS) is 15.7. The molecule has 44 heavy (non-hydrogen) atoms. The Morgan fingerprint density at radius 1 is 1.05 bits per heavy atom. The molecule has 11 nitrogen and oxygen atoms in total. The number of carbonyl (C=O) groups is 2. The molecular weight excluding hydrogens is 556 g/mol. The highest BCUT2D eigenvalue weighted by Gasteiger charge is 2.32. The predicted molar refractivity (Wildman–Crippen MR) is 164 cm³/mol. The quantitative estimate of drug-likeness (QED) is 0.264. The van der Waals surface area contributed by atoms with Crippen molar-refractivity contribution >= 4 is 23.6 Å². The zero-order chi connectivity index (χ0) is 30.5. The summed E-state index contributed by atoms with van der Waals surface area (Å²) in [6, 6.07) is 18.8. The van der Waals surface area contributed by atoms with Crippen LogP contribution >= 0.6 is 0 Å². The monoisotopic (exact) mass is 590 g/mol. The maximum Gasteiger partial charge on any atom is 0.410 e. The Hall–Kier alpha value is -5.24. The van der Waals surface area contributed by atoms with Crippen molar-refractivity contribution in [3.8, 4) is 17.3 Å². The minimum atomic E-state index is -0.439. The number of likely N-dealkylation sites (tertiary alicyclic amines) is 1. The molecule has 1 atom stereocenters. The van der Waals surface area contributed by atoms with E-state index < -0.39 is 6.04 Å². The van der Waals surface area contributed by atoms with Gasteiger partial charge in [0, 0.05) is 36.6 Å². The van der Waals surface area contributed by atoms with Gasteiger partial charge in [-0.2, -0.15) is 10.4 Å². The number of aromatic nitrogens is 4. The van der Waals surface area contributed by atoms with Gasteiger partial charge < -0.3 is 20.3 Å². The molecule has 6 rings (SSSR count). The molecular formula is C33H34N8O3. The summed E-state index contributed by atoms with van der Waals surface area (Å²) < 4.78 is 7.41. The van der Waals surface area contributed by atoms with E-state index in [1.165, 1.54) is 0 Å². The lowest BCUT2D eigenvalue weighted by atomic mass is 10.1. The van der Waals surface area contributed by atoms with E-state index in [1.54, 1.807) is 29.4 Å². The van der Waals surface area contributed by atoms with Gasteiger partial charge in [-0.25, -0.2) is 14.8 Å². The van der Waals surface area contributed by atoms with Crippen LogP contribution < -0.4 is 10.6 Å². The highest BCUT2D eigenvalue weighted by molar-refractivity contribution is 5.95. The van der Waals surface area contributed by atoms with Crippen molar-refractivity contribution in [2.24, 2.45) is 5.92 Å². The number of rotatable bonds is 9. The van der Waals surface area contributed by atoms with Gasteiger partial charge in [-0.1, -0.05) is 42.5 Å². The number of anilines is 2. The number of aryl methyl sites for hydroxylation is 1. The van der Waals surface area contributed by atoms with Crippen LogP contribution in [-0.4, -0.2) is 55.8 Å². The number of ether oxygens (including phenoxy) is 1. The lowest BCUT2D eigenvalue weighted by Gasteiger charge is -2.31. The third kappa shape index (κ3) is 6.86. The van der Waals surface area contributed by atoms with E-state index in [-0.39, 0.29) is 30.6 Å².